The summed E-state index contributed by atoms with van der Waals surface area (Å²) >= 11 is 0. The number of fused-ring (bicyclic) bond motifs is 1. The van der Waals surface area contributed by atoms with Gasteiger partial charge in [-0.1, -0.05) is 30.3 Å². The molecule has 0 aliphatic heterocycles. The Kier molecular flexibility index (Phi) is 4.26. The Morgan fingerprint density at radius 1 is 1.00 bits per heavy atom. The van der Waals surface area contributed by atoms with Gasteiger partial charge in [0, 0.05) is 11.4 Å². The average molecular weight is 373 g/mol. The van der Waals surface area contributed by atoms with Crippen LogP contribution in [0.3, 0.4) is 0 Å². The first-order valence-electron chi connectivity index (χ1n) is 9.25. The Morgan fingerprint density at radius 3 is 2.36 bits per heavy atom. The lowest BCUT2D eigenvalue weighted by Gasteiger charge is -2.21. The molecule has 1 N–H and O–H groups in total. The van der Waals surface area contributed by atoms with Crippen molar-refractivity contribution >= 4 is 22.9 Å². The van der Waals surface area contributed by atoms with E-state index >= 15 is 0 Å². The van der Waals surface area contributed by atoms with E-state index in [1.165, 1.54) is 0 Å². The maximum absolute atomic E-state index is 13.0. The number of nitrogens with one attached hydrogen (secondary N) is 1. The third kappa shape index (κ3) is 3.07. The van der Waals surface area contributed by atoms with Gasteiger partial charge < -0.3 is 0 Å². The monoisotopic (exact) mass is 373 g/mol. The van der Waals surface area contributed by atoms with Gasteiger partial charge in [0.05, 0.1) is 28.3 Å². The van der Waals surface area contributed by atoms with Gasteiger partial charge in [-0.05, 0) is 52.0 Å². The van der Waals surface area contributed by atoms with E-state index in [1.807, 2.05) is 70.8 Å². The molecular formula is C22H23N5O. The number of rotatable bonds is 3. The first-order valence-corrected chi connectivity index (χ1v) is 9.25. The maximum atomic E-state index is 13.0. The summed E-state index contributed by atoms with van der Waals surface area (Å²) in [5.74, 6) is 0.265. The van der Waals surface area contributed by atoms with Crippen LogP contribution in [-0.2, 0) is 5.54 Å². The van der Waals surface area contributed by atoms with Crippen molar-refractivity contribution in [3.63, 3.8) is 0 Å². The van der Waals surface area contributed by atoms with Gasteiger partial charge in [-0.2, -0.15) is 5.10 Å². The lowest BCUT2D eigenvalue weighted by molar-refractivity contribution is 0.102. The number of imidazole rings is 1. The molecule has 0 bridgehead atoms. The highest BCUT2D eigenvalue weighted by Crippen LogP contribution is 2.25. The highest BCUT2D eigenvalue weighted by atomic mass is 16.1. The van der Waals surface area contributed by atoms with Gasteiger partial charge in [0.2, 0.25) is 5.95 Å². The molecule has 0 atom stereocenters. The van der Waals surface area contributed by atoms with E-state index in [1.54, 1.807) is 6.20 Å². The smallest absolute Gasteiger partial charge is 0.261 e. The van der Waals surface area contributed by atoms with E-state index in [4.69, 9.17) is 0 Å². The van der Waals surface area contributed by atoms with Gasteiger partial charge in [-0.3, -0.25) is 19.4 Å². The highest BCUT2D eigenvalue weighted by molar-refractivity contribution is 6.05. The standard InChI is InChI=1S/C22H23N5O/c1-15-17(14-23-27(15)22(2,3)4)20(28)25-21-24-18-12-8-9-13-19(18)26(21)16-10-6-5-7-11-16/h5-14H,1-4H3,(H,24,25,28). The SMILES string of the molecule is Cc1c(C(=O)Nc2nc3ccccc3n2-c2ccccc2)cnn1C(C)(C)C. The third-order valence-corrected chi connectivity index (χ3v) is 4.69. The Hall–Kier alpha value is -3.41. The minimum absolute atomic E-state index is 0.195. The Labute approximate surface area is 163 Å². The first-order chi connectivity index (χ1) is 13.4. The van der Waals surface area contributed by atoms with Crippen LogP contribution in [0.2, 0.25) is 0 Å². The molecule has 0 saturated carbocycles. The zero-order valence-electron chi connectivity index (χ0n) is 16.5. The highest BCUT2D eigenvalue weighted by Gasteiger charge is 2.23. The van der Waals surface area contributed by atoms with Crippen LogP contribution in [0.25, 0.3) is 16.7 Å². The number of carbonyl (C=O) groups excluding carboxylic acids is 1. The molecule has 0 fully saturated rings. The molecule has 0 unspecified atom stereocenters. The molecule has 2 aromatic heterocycles. The van der Waals surface area contributed by atoms with Crippen LogP contribution in [0.5, 0.6) is 0 Å². The van der Waals surface area contributed by atoms with Gasteiger partial charge in [0.1, 0.15) is 0 Å². The molecule has 6 nitrogen and oxygen atoms in total. The average Bonchev–Trinajstić information content (AvgIpc) is 3.22. The number of amides is 1. The number of anilines is 1. The molecule has 28 heavy (non-hydrogen) atoms. The lowest BCUT2D eigenvalue weighted by Crippen LogP contribution is -2.25. The summed E-state index contributed by atoms with van der Waals surface area (Å²) in [4.78, 5) is 17.7. The van der Waals surface area contributed by atoms with Crippen LogP contribution in [0.15, 0.2) is 60.8 Å². The maximum Gasteiger partial charge on any atom is 0.261 e. The number of hydrogen-bond acceptors (Lipinski definition) is 3. The number of aromatic nitrogens is 4. The van der Waals surface area contributed by atoms with Crippen molar-refractivity contribution in [3.05, 3.63) is 72.1 Å². The summed E-state index contributed by atoms with van der Waals surface area (Å²) < 4.78 is 3.82. The predicted molar refractivity (Wildman–Crippen MR) is 111 cm³/mol. The van der Waals surface area contributed by atoms with Crippen molar-refractivity contribution in [3.8, 4) is 5.69 Å². The molecule has 4 rings (SSSR count). The molecule has 0 aliphatic carbocycles. The minimum atomic E-state index is -0.222. The second-order valence-electron chi connectivity index (χ2n) is 7.78. The molecule has 0 radical (unpaired) electrons. The van der Waals surface area contributed by atoms with Crippen LogP contribution in [0, 0.1) is 6.92 Å². The molecule has 0 saturated heterocycles. The Morgan fingerprint density at radius 2 is 1.68 bits per heavy atom. The zero-order chi connectivity index (χ0) is 19.9. The van der Waals surface area contributed by atoms with Crippen molar-refractivity contribution in [2.75, 3.05) is 5.32 Å². The molecule has 6 heteroatoms. The van der Waals surface area contributed by atoms with E-state index in [2.05, 4.69) is 36.2 Å². The molecule has 1 amide bonds. The van der Waals surface area contributed by atoms with Crippen molar-refractivity contribution in [1.29, 1.82) is 0 Å². The molecule has 2 heterocycles. The van der Waals surface area contributed by atoms with Crippen molar-refractivity contribution in [2.24, 2.45) is 0 Å². The number of para-hydroxylation sites is 3. The van der Waals surface area contributed by atoms with Gasteiger partial charge in [0.15, 0.2) is 0 Å². The molecular weight excluding hydrogens is 350 g/mol. The fourth-order valence-corrected chi connectivity index (χ4v) is 3.43. The first kappa shape index (κ1) is 18.0. The van der Waals surface area contributed by atoms with E-state index in [0.29, 0.717) is 11.5 Å². The topological polar surface area (TPSA) is 64.7 Å². The van der Waals surface area contributed by atoms with Crippen LogP contribution < -0.4 is 5.32 Å². The summed E-state index contributed by atoms with van der Waals surface area (Å²) in [6.45, 7) is 8.09. The van der Waals surface area contributed by atoms with Gasteiger partial charge in [-0.25, -0.2) is 4.98 Å². The van der Waals surface area contributed by atoms with Crippen molar-refractivity contribution in [1.82, 2.24) is 19.3 Å². The number of hydrogen-bond donors (Lipinski definition) is 1. The summed E-state index contributed by atoms with van der Waals surface area (Å²) in [6.07, 6.45) is 1.62. The van der Waals surface area contributed by atoms with Crippen molar-refractivity contribution in [2.45, 2.75) is 33.2 Å². The van der Waals surface area contributed by atoms with Crippen LogP contribution in [0.4, 0.5) is 5.95 Å². The normalized spacial score (nSPS) is 11.7. The molecule has 0 aliphatic rings. The Bertz CT molecular complexity index is 1150. The second-order valence-corrected chi connectivity index (χ2v) is 7.78. The summed E-state index contributed by atoms with van der Waals surface area (Å²) in [5.41, 5.74) is 3.87. The minimum Gasteiger partial charge on any atom is -0.291 e. The number of nitrogens with zero attached hydrogens (tertiary/aromatic N) is 4. The van der Waals surface area contributed by atoms with E-state index in [-0.39, 0.29) is 11.4 Å². The Balaban J connectivity index is 1.77. The summed E-state index contributed by atoms with van der Waals surface area (Å²) in [5, 5.41) is 7.38. The van der Waals surface area contributed by atoms with E-state index in [9.17, 15) is 4.79 Å². The fraction of sp³-hybridized carbons (Fsp3) is 0.227. The number of carbonyl (C=O) groups is 1. The predicted octanol–water partition coefficient (Wildman–Crippen LogP) is 4.54. The summed E-state index contributed by atoms with van der Waals surface area (Å²) in [7, 11) is 0. The zero-order valence-corrected chi connectivity index (χ0v) is 16.5. The van der Waals surface area contributed by atoms with E-state index in [0.717, 1.165) is 22.4 Å². The number of benzene rings is 2. The largest absolute Gasteiger partial charge is 0.291 e. The lowest BCUT2D eigenvalue weighted by atomic mass is 10.1. The third-order valence-electron chi connectivity index (χ3n) is 4.69. The van der Waals surface area contributed by atoms with Gasteiger partial charge in [-0.15, -0.1) is 0 Å². The fourth-order valence-electron chi connectivity index (χ4n) is 3.43. The van der Waals surface area contributed by atoms with Crippen LogP contribution >= 0.6 is 0 Å². The van der Waals surface area contributed by atoms with Gasteiger partial charge >= 0.3 is 0 Å². The quantitative estimate of drug-likeness (QED) is 0.573. The molecule has 142 valence electrons. The van der Waals surface area contributed by atoms with Crippen LogP contribution in [0.1, 0.15) is 36.8 Å². The van der Waals surface area contributed by atoms with Crippen molar-refractivity contribution < 1.29 is 4.79 Å². The van der Waals surface area contributed by atoms with E-state index < -0.39 is 0 Å². The molecule has 4 aromatic rings. The molecule has 2 aromatic carbocycles. The summed E-state index contributed by atoms with van der Waals surface area (Å²) in [6, 6.07) is 17.7. The van der Waals surface area contributed by atoms with Gasteiger partial charge in [0.25, 0.3) is 5.91 Å². The molecule has 0 spiro atoms. The van der Waals surface area contributed by atoms with Crippen LogP contribution in [-0.4, -0.2) is 25.2 Å². The second kappa shape index (κ2) is 6.64.